The summed E-state index contributed by atoms with van der Waals surface area (Å²) < 4.78 is 21.3. The molecule has 234 valence electrons. The maximum atomic E-state index is 6.21. The highest BCUT2D eigenvalue weighted by Gasteiger charge is 2.17. The maximum Gasteiger partial charge on any atom is 0.124 e. The summed E-state index contributed by atoms with van der Waals surface area (Å²) in [5, 5.41) is 5.62. The summed E-state index contributed by atoms with van der Waals surface area (Å²) >= 11 is 1.82. The van der Waals surface area contributed by atoms with Crippen molar-refractivity contribution in [2.45, 2.75) is 32.4 Å². The predicted octanol–water partition coefficient (Wildman–Crippen LogP) is 8.47. The molecule has 0 unspecified atom stereocenters. The van der Waals surface area contributed by atoms with Crippen molar-refractivity contribution < 1.29 is 14.2 Å². The first kappa shape index (κ1) is 30.1. The highest BCUT2D eigenvalue weighted by atomic mass is 32.1. The molecule has 7 heteroatoms. The Morgan fingerprint density at radius 2 is 1.63 bits per heavy atom. The number of hydrogen-bond donors (Lipinski definition) is 0. The van der Waals surface area contributed by atoms with Crippen LogP contribution < -0.4 is 14.2 Å². The summed E-state index contributed by atoms with van der Waals surface area (Å²) in [6.07, 6.45) is 7.16. The molecule has 0 amide bonds. The average molecular weight is 630 g/mol. The summed E-state index contributed by atoms with van der Waals surface area (Å²) in [5.74, 6) is 2.67. The number of methoxy groups -OCH3 is 1. The normalized spacial score (nSPS) is 13.3. The molecule has 6 nitrogen and oxygen atoms in total. The Balaban J connectivity index is 1.16. The zero-order valence-corrected chi connectivity index (χ0v) is 27.0. The lowest BCUT2D eigenvalue weighted by atomic mass is 9.97. The van der Waals surface area contributed by atoms with Crippen LogP contribution in [0.3, 0.4) is 0 Å². The van der Waals surface area contributed by atoms with Crippen LogP contribution in [-0.4, -0.2) is 48.0 Å². The quantitative estimate of drug-likeness (QED) is 0.128. The second-order valence-electron chi connectivity index (χ2n) is 11.8. The van der Waals surface area contributed by atoms with E-state index in [0.717, 1.165) is 47.9 Å². The SMILES string of the molecule is COc1cc(Cc2c(-c3ccc(OCCN4CCCC4)cc3)sc3cc(OCc4ccccc4)ccc23)ccc1Cn1cccn1. The highest BCUT2D eigenvalue weighted by molar-refractivity contribution is 7.22. The number of ether oxygens (including phenoxy) is 3. The van der Waals surface area contributed by atoms with E-state index in [2.05, 4.69) is 82.8 Å². The third-order valence-corrected chi connectivity index (χ3v) is 9.87. The Hall–Kier alpha value is -4.59. The van der Waals surface area contributed by atoms with E-state index in [9.17, 15) is 0 Å². The van der Waals surface area contributed by atoms with Crippen molar-refractivity contribution in [3.05, 3.63) is 132 Å². The summed E-state index contributed by atoms with van der Waals surface area (Å²) in [7, 11) is 1.74. The van der Waals surface area contributed by atoms with Gasteiger partial charge in [-0.05, 0) is 115 Å². The average Bonchev–Trinajstić information content (AvgIpc) is 3.88. The molecule has 0 saturated carbocycles. The van der Waals surface area contributed by atoms with E-state index in [-0.39, 0.29) is 0 Å². The number of likely N-dealkylation sites (tertiary alicyclic amines) is 1. The third-order valence-electron chi connectivity index (χ3n) is 8.63. The van der Waals surface area contributed by atoms with Gasteiger partial charge in [0.1, 0.15) is 30.5 Å². The minimum Gasteiger partial charge on any atom is -0.496 e. The zero-order valence-electron chi connectivity index (χ0n) is 26.2. The lowest BCUT2D eigenvalue weighted by molar-refractivity contribution is 0.238. The molecule has 0 N–H and O–H groups in total. The number of rotatable bonds is 13. The van der Waals surface area contributed by atoms with Crippen LogP contribution in [0.5, 0.6) is 17.2 Å². The Morgan fingerprint density at radius 3 is 2.41 bits per heavy atom. The number of fused-ring (bicyclic) bond motifs is 1. The van der Waals surface area contributed by atoms with Gasteiger partial charge in [-0.3, -0.25) is 9.58 Å². The van der Waals surface area contributed by atoms with E-state index >= 15 is 0 Å². The molecule has 0 spiro atoms. The fraction of sp³-hybridized carbons (Fsp3) is 0.256. The molecule has 6 aromatic rings. The van der Waals surface area contributed by atoms with Crippen LogP contribution in [0.2, 0.25) is 0 Å². The fourth-order valence-electron chi connectivity index (χ4n) is 6.17. The topological polar surface area (TPSA) is 48.8 Å². The lowest BCUT2D eigenvalue weighted by Crippen LogP contribution is -2.25. The Kier molecular flexibility index (Phi) is 9.31. The van der Waals surface area contributed by atoms with Gasteiger partial charge in [-0.15, -0.1) is 11.3 Å². The molecule has 0 atom stereocenters. The third kappa shape index (κ3) is 7.11. The van der Waals surface area contributed by atoms with Gasteiger partial charge in [0, 0.05) is 34.1 Å². The van der Waals surface area contributed by atoms with Crippen LogP contribution in [-0.2, 0) is 19.6 Å². The predicted molar refractivity (Wildman–Crippen MR) is 186 cm³/mol. The van der Waals surface area contributed by atoms with Crippen LogP contribution in [0.4, 0.5) is 0 Å². The van der Waals surface area contributed by atoms with Gasteiger partial charge in [-0.2, -0.15) is 5.10 Å². The molecule has 1 saturated heterocycles. The van der Waals surface area contributed by atoms with Crippen LogP contribution >= 0.6 is 11.3 Å². The van der Waals surface area contributed by atoms with Gasteiger partial charge in [0.05, 0.1) is 13.7 Å². The van der Waals surface area contributed by atoms with E-state index in [4.69, 9.17) is 14.2 Å². The summed E-state index contributed by atoms with van der Waals surface area (Å²) in [5.41, 5.74) is 5.96. The minimum absolute atomic E-state index is 0.543. The molecular formula is C39H39N3O3S. The smallest absolute Gasteiger partial charge is 0.124 e. The first-order valence-electron chi connectivity index (χ1n) is 16.0. The van der Waals surface area contributed by atoms with Gasteiger partial charge in [-0.1, -0.05) is 42.5 Å². The molecule has 2 aromatic heterocycles. The number of thiophene rings is 1. The fourth-order valence-corrected chi connectivity index (χ4v) is 7.43. The van der Waals surface area contributed by atoms with E-state index in [1.54, 1.807) is 13.3 Å². The monoisotopic (exact) mass is 629 g/mol. The summed E-state index contributed by atoms with van der Waals surface area (Å²) in [4.78, 5) is 3.74. The second kappa shape index (κ2) is 14.2. The number of nitrogens with zero attached hydrogens (tertiary/aromatic N) is 3. The van der Waals surface area contributed by atoms with Gasteiger partial charge < -0.3 is 14.2 Å². The van der Waals surface area contributed by atoms with Crippen molar-refractivity contribution in [1.82, 2.24) is 14.7 Å². The molecule has 0 bridgehead atoms. The highest BCUT2D eigenvalue weighted by Crippen LogP contribution is 2.42. The van der Waals surface area contributed by atoms with E-state index in [1.807, 2.05) is 46.5 Å². The standard InChI is InChI=1S/C39H39N3O3S/c1-43-37-25-30(10-11-32(37)27-42-21-7-18-40-42)24-36-35-17-16-34(45-28-29-8-3-2-4-9-29)26-38(35)46-39(36)31-12-14-33(15-13-31)44-23-22-41-19-5-6-20-41/h2-4,7-18,21,25-26H,5-6,19-20,22-24,27-28H2,1H3. The molecule has 0 aliphatic carbocycles. The first-order valence-corrected chi connectivity index (χ1v) is 16.8. The van der Waals surface area contributed by atoms with E-state index in [1.165, 1.54) is 57.6 Å². The molecule has 1 aliphatic rings. The number of aromatic nitrogens is 2. The number of benzene rings is 4. The lowest BCUT2D eigenvalue weighted by Gasteiger charge is -2.15. The van der Waals surface area contributed by atoms with E-state index < -0.39 is 0 Å². The zero-order chi connectivity index (χ0) is 31.1. The van der Waals surface area contributed by atoms with Crippen molar-refractivity contribution in [2.24, 2.45) is 0 Å². The molecule has 0 radical (unpaired) electrons. The first-order chi connectivity index (χ1) is 22.7. The van der Waals surface area contributed by atoms with Gasteiger partial charge in [0.15, 0.2) is 0 Å². The minimum atomic E-state index is 0.543. The molecule has 3 heterocycles. The van der Waals surface area contributed by atoms with Crippen molar-refractivity contribution in [1.29, 1.82) is 0 Å². The molecule has 1 aliphatic heterocycles. The summed E-state index contributed by atoms with van der Waals surface area (Å²) in [6, 6.07) is 33.9. The Labute approximate surface area is 274 Å². The second-order valence-corrected chi connectivity index (χ2v) is 12.8. The molecule has 1 fully saturated rings. The van der Waals surface area contributed by atoms with Crippen LogP contribution in [0.15, 0.2) is 109 Å². The largest absolute Gasteiger partial charge is 0.496 e. The molecule has 4 aromatic carbocycles. The Bertz CT molecular complexity index is 1860. The van der Waals surface area contributed by atoms with Crippen LogP contribution in [0, 0.1) is 0 Å². The van der Waals surface area contributed by atoms with Gasteiger partial charge in [-0.25, -0.2) is 0 Å². The number of hydrogen-bond acceptors (Lipinski definition) is 6. The molecule has 7 rings (SSSR count). The van der Waals surface area contributed by atoms with Gasteiger partial charge in [0.25, 0.3) is 0 Å². The summed E-state index contributed by atoms with van der Waals surface area (Å²) in [6.45, 7) is 5.30. The van der Waals surface area contributed by atoms with Crippen LogP contribution in [0.25, 0.3) is 20.5 Å². The van der Waals surface area contributed by atoms with Crippen LogP contribution in [0.1, 0.15) is 35.1 Å². The van der Waals surface area contributed by atoms with E-state index in [0.29, 0.717) is 13.2 Å². The maximum absolute atomic E-state index is 6.21. The van der Waals surface area contributed by atoms with Crippen molar-refractivity contribution >= 4 is 21.4 Å². The molecule has 46 heavy (non-hydrogen) atoms. The van der Waals surface area contributed by atoms with Gasteiger partial charge in [0.2, 0.25) is 0 Å². The Morgan fingerprint density at radius 1 is 0.804 bits per heavy atom. The van der Waals surface area contributed by atoms with Gasteiger partial charge >= 0.3 is 0 Å². The molecular weight excluding hydrogens is 591 g/mol. The van der Waals surface area contributed by atoms with Crippen molar-refractivity contribution in [2.75, 3.05) is 33.4 Å². The van der Waals surface area contributed by atoms with Crippen molar-refractivity contribution in [3.8, 4) is 27.7 Å². The van der Waals surface area contributed by atoms with Crippen molar-refractivity contribution in [3.63, 3.8) is 0 Å².